The van der Waals surface area contributed by atoms with Gasteiger partial charge < -0.3 is 0 Å². The molecule has 0 rings (SSSR count). The van der Waals surface area contributed by atoms with Gasteiger partial charge in [-0.25, -0.2) is 5.26 Å². The highest BCUT2D eigenvalue weighted by Crippen LogP contribution is 2.06. The van der Waals surface area contributed by atoms with Gasteiger partial charge in [-0.3, -0.25) is 0 Å². The van der Waals surface area contributed by atoms with Crippen molar-refractivity contribution >= 4 is 8.80 Å². The summed E-state index contributed by atoms with van der Waals surface area (Å²) in [6, 6.07) is 2.46. The van der Waals surface area contributed by atoms with Gasteiger partial charge in [-0.1, -0.05) is 33.1 Å². The van der Waals surface area contributed by atoms with Crippen molar-refractivity contribution in [2.24, 2.45) is 0 Å². The van der Waals surface area contributed by atoms with Gasteiger partial charge in [-0.05, 0) is 12.1 Å². The lowest BCUT2D eigenvalue weighted by Crippen LogP contribution is -2.07. The summed E-state index contributed by atoms with van der Waals surface area (Å²) in [5.74, 6) is 0. The lowest BCUT2D eigenvalue weighted by Gasteiger charge is -2.01. The molecule has 0 radical (unpaired) electrons. The SMILES string of the molecule is CCCC[SiH](C#N)CCC. The summed E-state index contributed by atoms with van der Waals surface area (Å²) in [6.07, 6.45) is 3.72. The summed E-state index contributed by atoms with van der Waals surface area (Å²) >= 11 is 0. The fourth-order valence-corrected chi connectivity index (χ4v) is 3.22. The predicted molar refractivity (Wildman–Crippen MR) is 47.6 cm³/mol. The molecule has 0 aromatic heterocycles. The van der Waals surface area contributed by atoms with Gasteiger partial charge >= 0.3 is 0 Å². The van der Waals surface area contributed by atoms with E-state index in [0.717, 1.165) is 0 Å². The van der Waals surface area contributed by atoms with Crippen LogP contribution in [0.1, 0.15) is 33.1 Å². The average molecular weight is 155 g/mol. The monoisotopic (exact) mass is 155 g/mol. The maximum atomic E-state index is 8.70. The smallest absolute Gasteiger partial charge is 0.158 e. The number of rotatable bonds is 5. The topological polar surface area (TPSA) is 23.8 Å². The Balaban J connectivity index is 3.33. The van der Waals surface area contributed by atoms with Crippen LogP contribution < -0.4 is 0 Å². The molecule has 0 amide bonds. The number of hydrogen-bond donors (Lipinski definition) is 0. The van der Waals surface area contributed by atoms with Crippen LogP contribution >= 0.6 is 0 Å². The highest BCUT2D eigenvalue weighted by molar-refractivity contribution is 6.66. The van der Waals surface area contributed by atoms with Crippen molar-refractivity contribution in [2.45, 2.75) is 45.2 Å². The molecule has 0 bridgehead atoms. The maximum Gasteiger partial charge on any atom is 0.158 e. The third kappa shape index (κ3) is 4.57. The maximum absolute atomic E-state index is 8.70. The summed E-state index contributed by atoms with van der Waals surface area (Å²) < 4.78 is 0. The first-order chi connectivity index (χ1) is 4.85. The Bertz CT molecular complexity index is 106. The van der Waals surface area contributed by atoms with Crippen LogP contribution in [-0.4, -0.2) is 8.80 Å². The standard InChI is InChI=1S/C8H17NSi/c1-3-5-7-10(8-9)6-4-2/h10H,3-7H2,1-2H3. The first kappa shape index (κ1) is 9.71. The Labute approximate surface area is 65.7 Å². The molecule has 0 fully saturated rings. The van der Waals surface area contributed by atoms with Crippen LogP contribution in [0.5, 0.6) is 0 Å². The van der Waals surface area contributed by atoms with E-state index in [1.807, 2.05) is 0 Å². The van der Waals surface area contributed by atoms with Gasteiger partial charge in [0.1, 0.15) is 0 Å². The van der Waals surface area contributed by atoms with Crippen LogP contribution in [-0.2, 0) is 0 Å². The molecule has 0 spiro atoms. The predicted octanol–water partition coefficient (Wildman–Crippen LogP) is 2.49. The second kappa shape index (κ2) is 6.82. The summed E-state index contributed by atoms with van der Waals surface area (Å²) in [5.41, 5.74) is 2.48. The molecule has 1 atom stereocenters. The minimum atomic E-state index is -0.925. The zero-order valence-electron chi connectivity index (χ0n) is 7.06. The quantitative estimate of drug-likeness (QED) is 0.560. The van der Waals surface area contributed by atoms with Gasteiger partial charge in [0.05, 0.1) is 0 Å². The normalized spacial score (nSPS) is 12.5. The van der Waals surface area contributed by atoms with E-state index in [0.29, 0.717) is 0 Å². The Morgan fingerprint density at radius 3 is 2.30 bits per heavy atom. The highest BCUT2D eigenvalue weighted by atomic mass is 28.3. The number of nitriles is 1. The zero-order chi connectivity index (χ0) is 7.82. The molecular weight excluding hydrogens is 138 g/mol. The molecule has 0 N–H and O–H groups in total. The molecule has 0 aromatic rings. The summed E-state index contributed by atoms with van der Waals surface area (Å²) in [6.45, 7) is 4.36. The van der Waals surface area contributed by atoms with E-state index in [9.17, 15) is 0 Å². The third-order valence-electron chi connectivity index (χ3n) is 1.73. The van der Waals surface area contributed by atoms with E-state index in [-0.39, 0.29) is 0 Å². The molecule has 1 unspecified atom stereocenters. The number of hydrogen-bond acceptors (Lipinski definition) is 1. The Morgan fingerprint density at radius 1 is 1.20 bits per heavy atom. The summed E-state index contributed by atoms with van der Waals surface area (Å²) in [4.78, 5) is 0. The molecular formula is C8H17NSi. The van der Waals surface area contributed by atoms with Crippen molar-refractivity contribution in [3.8, 4) is 5.69 Å². The minimum Gasteiger partial charge on any atom is -0.207 e. The molecule has 0 aromatic carbocycles. The number of unbranched alkanes of at least 4 members (excludes halogenated alkanes) is 1. The van der Waals surface area contributed by atoms with Gasteiger partial charge in [-0.15, -0.1) is 0 Å². The van der Waals surface area contributed by atoms with Crippen molar-refractivity contribution in [3.63, 3.8) is 0 Å². The Kier molecular flexibility index (Phi) is 6.62. The van der Waals surface area contributed by atoms with Gasteiger partial charge in [0.15, 0.2) is 8.80 Å². The Hall–Kier alpha value is -0.293. The molecule has 58 valence electrons. The molecule has 0 saturated carbocycles. The van der Waals surface area contributed by atoms with E-state index in [2.05, 4.69) is 19.5 Å². The van der Waals surface area contributed by atoms with Gasteiger partial charge in [0.2, 0.25) is 0 Å². The first-order valence-corrected chi connectivity index (χ1v) is 6.45. The average Bonchev–Trinajstić information content (AvgIpc) is 1.98. The second-order valence-corrected chi connectivity index (χ2v) is 5.56. The fraction of sp³-hybridized carbons (Fsp3) is 0.875. The summed E-state index contributed by atoms with van der Waals surface area (Å²) in [5, 5.41) is 8.70. The van der Waals surface area contributed by atoms with E-state index in [4.69, 9.17) is 5.26 Å². The largest absolute Gasteiger partial charge is 0.207 e. The molecule has 0 aliphatic heterocycles. The minimum absolute atomic E-state index is 0.925. The van der Waals surface area contributed by atoms with Crippen LogP contribution in [0.4, 0.5) is 0 Å². The van der Waals surface area contributed by atoms with Gasteiger partial charge in [-0.2, -0.15) is 0 Å². The van der Waals surface area contributed by atoms with Crippen LogP contribution in [0.25, 0.3) is 0 Å². The molecule has 0 heterocycles. The van der Waals surface area contributed by atoms with Crippen molar-refractivity contribution in [2.75, 3.05) is 0 Å². The van der Waals surface area contributed by atoms with E-state index in [1.165, 1.54) is 31.4 Å². The van der Waals surface area contributed by atoms with Crippen LogP contribution in [0.15, 0.2) is 0 Å². The molecule has 1 nitrogen and oxygen atoms in total. The highest BCUT2D eigenvalue weighted by Gasteiger charge is 2.06. The van der Waals surface area contributed by atoms with Crippen LogP contribution in [0.2, 0.25) is 12.1 Å². The fourth-order valence-electron chi connectivity index (χ4n) is 1.07. The van der Waals surface area contributed by atoms with Crippen molar-refractivity contribution < 1.29 is 0 Å². The first-order valence-electron chi connectivity index (χ1n) is 4.24. The summed E-state index contributed by atoms with van der Waals surface area (Å²) in [7, 11) is -0.925. The lowest BCUT2D eigenvalue weighted by atomic mass is 10.4. The van der Waals surface area contributed by atoms with E-state index >= 15 is 0 Å². The van der Waals surface area contributed by atoms with Crippen LogP contribution in [0, 0.1) is 11.0 Å². The number of nitrogens with zero attached hydrogens (tertiary/aromatic N) is 1. The van der Waals surface area contributed by atoms with Crippen molar-refractivity contribution in [1.29, 1.82) is 5.26 Å². The Morgan fingerprint density at radius 2 is 1.90 bits per heavy atom. The van der Waals surface area contributed by atoms with E-state index in [1.54, 1.807) is 0 Å². The molecule has 0 saturated heterocycles. The van der Waals surface area contributed by atoms with Crippen molar-refractivity contribution in [1.82, 2.24) is 0 Å². The third-order valence-corrected chi connectivity index (χ3v) is 4.47. The van der Waals surface area contributed by atoms with Gasteiger partial charge in [0, 0.05) is 5.69 Å². The lowest BCUT2D eigenvalue weighted by molar-refractivity contribution is 0.869. The molecule has 0 aliphatic rings. The van der Waals surface area contributed by atoms with Gasteiger partial charge in [0.25, 0.3) is 0 Å². The van der Waals surface area contributed by atoms with E-state index < -0.39 is 8.80 Å². The molecule has 10 heavy (non-hydrogen) atoms. The second-order valence-electron chi connectivity index (χ2n) is 2.76. The zero-order valence-corrected chi connectivity index (χ0v) is 8.21. The molecule has 0 aliphatic carbocycles. The molecule has 2 heteroatoms. The van der Waals surface area contributed by atoms with Crippen LogP contribution in [0.3, 0.4) is 0 Å². The van der Waals surface area contributed by atoms with Crippen molar-refractivity contribution in [3.05, 3.63) is 0 Å².